The minimum absolute atomic E-state index is 0.208. The van der Waals surface area contributed by atoms with E-state index in [1.807, 2.05) is 20.0 Å². The Hall–Kier alpha value is -2.67. The molecule has 1 aromatic carbocycles. The number of fused-ring (bicyclic) bond motifs is 1. The number of esters is 1. The van der Waals surface area contributed by atoms with E-state index in [4.69, 9.17) is 4.74 Å². The Balaban J connectivity index is 1.91. The van der Waals surface area contributed by atoms with Gasteiger partial charge in [0.2, 0.25) is 0 Å². The van der Waals surface area contributed by atoms with E-state index in [-0.39, 0.29) is 5.91 Å². The summed E-state index contributed by atoms with van der Waals surface area (Å²) in [6.07, 6.45) is 0. The summed E-state index contributed by atoms with van der Waals surface area (Å²) in [5.41, 5.74) is 2.60. The Morgan fingerprint density at radius 2 is 2.04 bits per heavy atom. The highest BCUT2D eigenvalue weighted by molar-refractivity contribution is 7.20. The monoisotopic (exact) mass is 343 g/mol. The molecule has 0 atom stereocenters. The second-order valence-corrected chi connectivity index (χ2v) is 6.49. The maximum atomic E-state index is 12.6. The van der Waals surface area contributed by atoms with Gasteiger partial charge in [-0.1, -0.05) is 6.07 Å². The first-order valence-electron chi connectivity index (χ1n) is 7.34. The van der Waals surface area contributed by atoms with Gasteiger partial charge in [-0.05, 0) is 37.6 Å². The highest BCUT2D eigenvalue weighted by Gasteiger charge is 2.17. The first-order chi connectivity index (χ1) is 11.4. The number of amides is 1. The number of methoxy groups -OCH3 is 1. The maximum absolute atomic E-state index is 12.6. The van der Waals surface area contributed by atoms with E-state index < -0.39 is 5.97 Å². The van der Waals surface area contributed by atoms with E-state index in [1.54, 1.807) is 29.8 Å². The minimum atomic E-state index is -0.424. The first-order valence-corrected chi connectivity index (χ1v) is 8.16. The fourth-order valence-corrected chi connectivity index (χ4v) is 3.62. The molecule has 24 heavy (non-hydrogen) atoms. The number of nitrogens with one attached hydrogen (secondary N) is 1. The molecule has 1 N–H and O–H groups in total. The highest BCUT2D eigenvalue weighted by atomic mass is 32.1. The number of benzene rings is 1. The molecule has 2 aromatic heterocycles. The third-order valence-corrected chi connectivity index (χ3v) is 5.11. The summed E-state index contributed by atoms with van der Waals surface area (Å²) < 4.78 is 6.53. The van der Waals surface area contributed by atoms with Crippen LogP contribution in [0.4, 0.5) is 5.69 Å². The zero-order chi connectivity index (χ0) is 17.4. The number of anilines is 1. The van der Waals surface area contributed by atoms with E-state index in [2.05, 4.69) is 10.4 Å². The fourth-order valence-electron chi connectivity index (χ4n) is 2.60. The molecule has 0 spiro atoms. The number of rotatable bonds is 3. The van der Waals surface area contributed by atoms with Crippen molar-refractivity contribution in [3.05, 3.63) is 46.0 Å². The summed E-state index contributed by atoms with van der Waals surface area (Å²) in [5, 5.41) is 8.18. The van der Waals surface area contributed by atoms with Crippen LogP contribution in [-0.2, 0) is 11.8 Å². The number of aromatic nitrogens is 2. The minimum Gasteiger partial charge on any atom is -0.465 e. The SMILES string of the molecule is COC(=O)c1cccc(NC(=O)c2cc3c(C)nn(C)c3s2)c1C. The summed E-state index contributed by atoms with van der Waals surface area (Å²) in [6, 6.07) is 7.00. The van der Waals surface area contributed by atoms with Gasteiger partial charge in [0.05, 0.1) is 23.2 Å². The second kappa shape index (κ2) is 6.09. The smallest absolute Gasteiger partial charge is 0.338 e. The molecule has 0 bridgehead atoms. The van der Waals surface area contributed by atoms with Gasteiger partial charge in [0, 0.05) is 18.1 Å². The van der Waals surface area contributed by atoms with Gasteiger partial charge < -0.3 is 10.1 Å². The summed E-state index contributed by atoms with van der Waals surface area (Å²) in [6.45, 7) is 3.70. The molecule has 1 amide bonds. The largest absolute Gasteiger partial charge is 0.465 e. The van der Waals surface area contributed by atoms with Crippen LogP contribution in [0.2, 0.25) is 0 Å². The van der Waals surface area contributed by atoms with E-state index in [0.717, 1.165) is 15.9 Å². The quantitative estimate of drug-likeness (QED) is 0.741. The predicted molar refractivity (Wildman–Crippen MR) is 93.8 cm³/mol. The lowest BCUT2D eigenvalue weighted by molar-refractivity contribution is 0.0599. The van der Waals surface area contributed by atoms with Crippen LogP contribution in [0.5, 0.6) is 0 Å². The molecule has 3 aromatic rings. The number of ether oxygens (including phenoxy) is 1. The van der Waals surface area contributed by atoms with E-state index >= 15 is 0 Å². The van der Waals surface area contributed by atoms with Crippen LogP contribution in [0.3, 0.4) is 0 Å². The molecule has 124 valence electrons. The number of carbonyl (C=O) groups excluding carboxylic acids is 2. The van der Waals surface area contributed by atoms with Gasteiger partial charge in [-0.3, -0.25) is 9.48 Å². The van der Waals surface area contributed by atoms with Crippen LogP contribution in [-0.4, -0.2) is 28.8 Å². The van der Waals surface area contributed by atoms with Crippen LogP contribution >= 0.6 is 11.3 Å². The Bertz CT molecular complexity index is 921. The highest BCUT2D eigenvalue weighted by Crippen LogP contribution is 2.29. The van der Waals surface area contributed by atoms with Gasteiger partial charge in [-0.15, -0.1) is 11.3 Å². The Morgan fingerprint density at radius 1 is 1.29 bits per heavy atom. The van der Waals surface area contributed by atoms with E-state index in [1.165, 1.54) is 18.4 Å². The number of hydrogen-bond acceptors (Lipinski definition) is 5. The van der Waals surface area contributed by atoms with Crippen LogP contribution in [0.15, 0.2) is 24.3 Å². The van der Waals surface area contributed by atoms with Crippen LogP contribution in [0, 0.1) is 13.8 Å². The molecule has 3 rings (SSSR count). The molecule has 0 aliphatic carbocycles. The standard InChI is InChI=1S/C17H17N3O3S/c1-9-11(17(22)23-4)6-5-7-13(9)18-15(21)14-8-12-10(2)19-20(3)16(12)24-14/h5-8H,1-4H3,(H,18,21). The lowest BCUT2D eigenvalue weighted by Gasteiger charge is -2.10. The number of hydrogen-bond donors (Lipinski definition) is 1. The molecule has 2 heterocycles. The third kappa shape index (κ3) is 2.67. The normalized spacial score (nSPS) is 10.8. The Morgan fingerprint density at radius 3 is 2.71 bits per heavy atom. The molecule has 7 heteroatoms. The van der Waals surface area contributed by atoms with Crippen LogP contribution in [0.25, 0.3) is 10.2 Å². The van der Waals surface area contributed by atoms with Gasteiger partial charge in [0.15, 0.2) is 0 Å². The topological polar surface area (TPSA) is 73.2 Å². The van der Waals surface area contributed by atoms with Crippen molar-refractivity contribution < 1.29 is 14.3 Å². The molecule has 0 saturated heterocycles. The van der Waals surface area contributed by atoms with Gasteiger partial charge in [0.1, 0.15) is 4.83 Å². The van der Waals surface area contributed by atoms with Gasteiger partial charge in [0.25, 0.3) is 5.91 Å². The lowest BCUT2D eigenvalue weighted by Crippen LogP contribution is -2.13. The van der Waals surface area contributed by atoms with Crippen molar-refractivity contribution in [1.82, 2.24) is 9.78 Å². The summed E-state index contributed by atoms with van der Waals surface area (Å²) >= 11 is 1.39. The van der Waals surface area contributed by atoms with Gasteiger partial charge in [-0.25, -0.2) is 4.79 Å². The molecule has 0 aliphatic rings. The molecule has 0 radical (unpaired) electrons. The summed E-state index contributed by atoms with van der Waals surface area (Å²) in [4.78, 5) is 25.9. The fraction of sp³-hybridized carbons (Fsp3) is 0.235. The van der Waals surface area contributed by atoms with E-state index in [9.17, 15) is 9.59 Å². The van der Waals surface area contributed by atoms with Crippen molar-refractivity contribution in [3.63, 3.8) is 0 Å². The summed E-state index contributed by atoms with van der Waals surface area (Å²) in [7, 11) is 3.19. The Kier molecular flexibility index (Phi) is 4.11. The lowest BCUT2D eigenvalue weighted by atomic mass is 10.1. The van der Waals surface area contributed by atoms with Gasteiger partial charge >= 0.3 is 5.97 Å². The average Bonchev–Trinajstić information content (AvgIpc) is 3.11. The third-order valence-electron chi connectivity index (χ3n) is 3.91. The zero-order valence-electron chi connectivity index (χ0n) is 13.8. The zero-order valence-corrected chi connectivity index (χ0v) is 14.7. The number of thiophene rings is 1. The van der Waals surface area contributed by atoms with Crippen molar-refractivity contribution in [1.29, 1.82) is 0 Å². The van der Waals surface area contributed by atoms with Crippen LogP contribution < -0.4 is 5.32 Å². The number of carbonyl (C=O) groups is 2. The second-order valence-electron chi connectivity index (χ2n) is 5.46. The number of aryl methyl sites for hydroxylation is 2. The summed E-state index contributed by atoms with van der Waals surface area (Å²) in [5.74, 6) is -0.632. The van der Waals surface area contributed by atoms with Crippen molar-refractivity contribution in [3.8, 4) is 0 Å². The van der Waals surface area contributed by atoms with Crippen molar-refractivity contribution in [2.45, 2.75) is 13.8 Å². The molecule has 6 nitrogen and oxygen atoms in total. The van der Waals surface area contributed by atoms with E-state index in [0.29, 0.717) is 21.7 Å². The maximum Gasteiger partial charge on any atom is 0.338 e. The molecule has 0 aliphatic heterocycles. The molecular weight excluding hydrogens is 326 g/mol. The molecular formula is C17H17N3O3S. The van der Waals surface area contributed by atoms with Crippen molar-refractivity contribution in [2.24, 2.45) is 7.05 Å². The van der Waals surface area contributed by atoms with Crippen molar-refractivity contribution >= 4 is 39.1 Å². The van der Waals surface area contributed by atoms with Crippen molar-refractivity contribution in [2.75, 3.05) is 12.4 Å². The average molecular weight is 343 g/mol. The number of nitrogens with zero attached hydrogens (tertiary/aromatic N) is 2. The van der Waals surface area contributed by atoms with Crippen LogP contribution in [0.1, 0.15) is 31.3 Å². The molecule has 0 unspecified atom stereocenters. The Labute approximate surface area is 143 Å². The first kappa shape index (κ1) is 16.2. The van der Waals surface area contributed by atoms with Gasteiger partial charge in [-0.2, -0.15) is 5.10 Å². The molecule has 0 saturated carbocycles. The predicted octanol–water partition coefficient (Wildman–Crippen LogP) is 3.29. The molecule has 0 fully saturated rings.